The van der Waals surface area contributed by atoms with Gasteiger partial charge in [-0.2, -0.15) is 0 Å². The van der Waals surface area contributed by atoms with Crippen LogP contribution in [0.2, 0.25) is 0 Å². The molecule has 0 N–H and O–H groups in total. The number of rotatable bonds is 6. The minimum Gasteiger partial charge on any atom is -0.482 e. The van der Waals surface area contributed by atoms with Crippen LogP contribution >= 0.6 is 0 Å². The quantitative estimate of drug-likeness (QED) is 0.439. The lowest BCUT2D eigenvalue weighted by Crippen LogP contribution is -2.17. The molecule has 3 rings (SSSR count). The Balaban J connectivity index is 1.56. The second-order valence-electron chi connectivity index (χ2n) is 6.38. The summed E-state index contributed by atoms with van der Waals surface area (Å²) in [4.78, 5) is 12.0. The molecule has 0 spiro atoms. The number of carbonyl (C=O) groups is 1. The highest BCUT2D eigenvalue weighted by atomic mass is 16.6. The summed E-state index contributed by atoms with van der Waals surface area (Å²) in [5, 5.41) is 0. The molecule has 0 saturated carbocycles. The molecular weight excluding hydrogens is 324 g/mol. The zero-order valence-electron chi connectivity index (χ0n) is 15.0. The van der Waals surface area contributed by atoms with Gasteiger partial charge in [0.1, 0.15) is 11.5 Å². The van der Waals surface area contributed by atoms with Crippen molar-refractivity contribution in [3.63, 3.8) is 0 Å². The number of hydrogen-bond acceptors (Lipinski definition) is 3. The number of carbonyl (C=O) groups excluding carboxylic acids is 1. The molecule has 0 amide bonds. The first kappa shape index (κ1) is 17.7. The Morgan fingerprint density at radius 1 is 0.808 bits per heavy atom. The van der Waals surface area contributed by atoms with Crippen molar-refractivity contribution >= 4 is 5.97 Å². The Morgan fingerprint density at radius 2 is 1.50 bits per heavy atom. The summed E-state index contributed by atoms with van der Waals surface area (Å²) >= 11 is 0. The van der Waals surface area contributed by atoms with Gasteiger partial charge in [0.15, 0.2) is 6.61 Å². The van der Waals surface area contributed by atoms with Gasteiger partial charge in [-0.1, -0.05) is 68.4 Å². The van der Waals surface area contributed by atoms with Gasteiger partial charge in [0, 0.05) is 0 Å². The standard InChI is InChI=1S/C23H22O3/c1-17(2)20-9-6-10-22(15-20)25-16-23(24)26-21-13-11-19(12-14-21)18-7-4-3-5-8-18/h3-15,17H,16H2,1-2H3. The molecule has 3 aromatic carbocycles. The molecule has 132 valence electrons. The number of ether oxygens (including phenoxy) is 2. The van der Waals surface area contributed by atoms with E-state index in [4.69, 9.17) is 9.47 Å². The van der Waals surface area contributed by atoms with Gasteiger partial charge in [-0.3, -0.25) is 0 Å². The Bertz CT molecular complexity index is 852. The van der Waals surface area contributed by atoms with Crippen molar-refractivity contribution in [2.75, 3.05) is 6.61 Å². The van der Waals surface area contributed by atoms with Crippen LogP contribution < -0.4 is 9.47 Å². The van der Waals surface area contributed by atoms with E-state index >= 15 is 0 Å². The third-order valence-electron chi connectivity index (χ3n) is 4.07. The lowest BCUT2D eigenvalue weighted by molar-refractivity contribution is -0.136. The van der Waals surface area contributed by atoms with Crippen molar-refractivity contribution in [2.24, 2.45) is 0 Å². The fourth-order valence-corrected chi connectivity index (χ4v) is 2.61. The molecule has 0 saturated heterocycles. The van der Waals surface area contributed by atoms with E-state index in [2.05, 4.69) is 13.8 Å². The van der Waals surface area contributed by atoms with Crippen LogP contribution in [0.25, 0.3) is 11.1 Å². The zero-order chi connectivity index (χ0) is 18.4. The summed E-state index contributed by atoms with van der Waals surface area (Å²) < 4.78 is 10.9. The van der Waals surface area contributed by atoms with Crippen molar-refractivity contribution in [1.82, 2.24) is 0 Å². The molecule has 3 nitrogen and oxygen atoms in total. The molecule has 0 unspecified atom stereocenters. The third-order valence-corrected chi connectivity index (χ3v) is 4.07. The van der Waals surface area contributed by atoms with E-state index < -0.39 is 5.97 Å². The van der Waals surface area contributed by atoms with Crippen LogP contribution in [-0.2, 0) is 4.79 Å². The van der Waals surface area contributed by atoms with Gasteiger partial charge < -0.3 is 9.47 Å². The van der Waals surface area contributed by atoms with E-state index in [9.17, 15) is 4.79 Å². The maximum atomic E-state index is 12.0. The van der Waals surface area contributed by atoms with Gasteiger partial charge >= 0.3 is 5.97 Å². The first-order valence-corrected chi connectivity index (χ1v) is 8.71. The summed E-state index contributed by atoms with van der Waals surface area (Å²) in [5.74, 6) is 1.17. The van der Waals surface area contributed by atoms with Gasteiger partial charge in [0.05, 0.1) is 0 Å². The molecule has 0 aliphatic carbocycles. The van der Waals surface area contributed by atoms with Crippen molar-refractivity contribution in [2.45, 2.75) is 19.8 Å². The predicted octanol–water partition coefficient (Wildman–Crippen LogP) is 5.46. The minimum absolute atomic E-state index is 0.123. The molecule has 0 aromatic heterocycles. The summed E-state index contributed by atoms with van der Waals surface area (Å²) in [6.07, 6.45) is 0. The van der Waals surface area contributed by atoms with E-state index in [1.54, 1.807) is 12.1 Å². The average molecular weight is 346 g/mol. The predicted molar refractivity (Wildman–Crippen MR) is 104 cm³/mol. The Morgan fingerprint density at radius 3 is 2.19 bits per heavy atom. The SMILES string of the molecule is CC(C)c1cccc(OCC(=O)Oc2ccc(-c3ccccc3)cc2)c1. The summed E-state index contributed by atoms with van der Waals surface area (Å²) in [5.41, 5.74) is 3.37. The number of esters is 1. The largest absolute Gasteiger partial charge is 0.482 e. The number of benzene rings is 3. The van der Waals surface area contributed by atoms with E-state index in [-0.39, 0.29) is 6.61 Å². The fourth-order valence-electron chi connectivity index (χ4n) is 2.61. The highest BCUT2D eigenvalue weighted by Crippen LogP contribution is 2.23. The lowest BCUT2D eigenvalue weighted by atomic mass is 10.0. The van der Waals surface area contributed by atoms with Gasteiger partial charge in [0.2, 0.25) is 0 Å². The van der Waals surface area contributed by atoms with E-state index in [0.29, 0.717) is 17.4 Å². The molecule has 0 atom stereocenters. The van der Waals surface area contributed by atoms with Gasteiger partial charge in [-0.15, -0.1) is 0 Å². The normalized spacial score (nSPS) is 10.6. The maximum absolute atomic E-state index is 12.0. The Kier molecular flexibility index (Phi) is 5.69. The Labute approximate surface area is 154 Å². The van der Waals surface area contributed by atoms with Crippen LogP contribution in [-0.4, -0.2) is 12.6 Å². The molecule has 0 fully saturated rings. The van der Waals surface area contributed by atoms with Crippen molar-refractivity contribution in [1.29, 1.82) is 0 Å². The van der Waals surface area contributed by atoms with Crippen LogP contribution in [0.4, 0.5) is 0 Å². The molecule has 3 heteroatoms. The topological polar surface area (TPSA) is 35.5 Å². The van der Waals surface area contributed by atoms with E-state index in [1.807, 2.05) is 66.7 Å². The molecule has 0 aliphatic heterocycles. The lowest BCUT2D eigenvalue weighted by Gasteiger charge is -2.10. The van der Waals surface area contributed by atoms with Crippen LogP contribution in [0.3, 0.4) is 0 Å². The number of hydrogen-bond donors (Lipinski definition) is 0. The zero-order valence-corrected chi connectivity index (χ0v) is 15.0. The second-order valence-corrected chi connectivity index (χ2v) is 6.38. The van der Waals surface area contributed by atoms with Gasteiger partial charge in [0.25, 0.3) is 0 Å². The van der Waals surface area contributed by atoms with E-state index in [0.717, 1.165) is 11.1 Å². The molecular formula is C23H22O3. The van der Waals surface area contributed by atoms with Gasteiger partial charge in [-0.05, 0) is 46.9 Å². The maximum Gasteiger partial charge on any atom is 0.349 e. The highest BCUT2D eigenvalue weighted by molar-refractivity contribution is 5.74. The van der Waals surface area contributed by atoms with Crippen LogP contribution in [0, 0.1) is 0 Å². The van der Waals surface area contributed by atoms with Crippen LogP contribution in [0.1, 0.15) is 25.3 Å². The molecule has 0 aliphatic rings. The van der Waals surface area contributed by atoms with Crippen molar-refractivity contribution in [3.05, 3.63) is 84.4 Å². The average Bonchev–Trinajstić information content (AvgIpc) is 2.68. The smallest absolute Gasteiger partial charge is 0.349 e. The summed E-state index contributed by atoms with van der Waals surface area (Å²) in [7, 11) is 0. The highest BCUT2D eigenvalue weighted by Gasteiger charge is 2.08. The molecule has 0 radical (unpaired) electrons. The second kappa shape index (κ2) is 8.34. The first-order valence-electron chi connectivity index (χ1n) is 8.71. The molecule has 0 heterocycles. The summed E-state index contributed by atoms with van der Waals surface area (Å²) in [6, 6.07) is 25.3. The van der Waals surface area contributed by atoms with Gasteiger partial charge in [-0.25, -0.2) is 4.79 Å². The molecule has 3 aromatic rings. The molecule has 26 heavy (non-hydrogen) atoms. The minimum atomic E-state index is -0.424. The van der Waals surface area contributed by atoms with Crippen LogP contribution in [0.15, 0.2) is 78.9 Å². The van der Waals surface area contributed by atoms with Crippen molar-refractivity contribution in [3.8, 4) is 22.6 Å². The van der Waals surface area contributed by atoms with Crippen LogP contribution in [0.5, 0.6) is 11.5 Å². The summed E-state index contributed by atoms with van der Waals surface area (Å²) in [6.45, 7) is 4.11. The fraction of sp³-hybridized carbons (Fsp3) is 0.174. The molecule has 0 bridgehead atoms. The van der Waals surface area contributed by atoms with E-state index in [1.165, 1.54) is 5.56 Å². The first-order chi connectivity index (χ1) is 12.6. The third kappa shape index (κ3) is 4.73. The Hall–Kier alpha value is -3.07. The van der Waals surface area contributed by atoms with Crippen molar-refractivity contribution < 1.29 is 14.3 Å². The monoisotopic (exact) mass is 346 g/mol.